The lowest BCUT2D eigenvalue weighted by Crippen LogP contribution is -2.33. The van der Waals surface area contributed by atoms with Crippen LogP contribution in [0, 0.1) is 5.92 Å². The Morgan fingerprint density at radius 1 is 1.35 bits per heavy atom. The van der Waals surface area contributed by atoms with E-state index < -0.39 is 5.97 Å². The molecule has 0 saturated heterocycles. The number of hydrogen-bond acceptors (Lipinski definition) is 2. The van der Waals surface area contributed by atoms with Crippen LogP contribution in [0.2, 0.25) is 0 Å². The Labute approximate surface area is 126 Å². The number of carboxylic acid groups (broad SMARTS) is 1. The van der Waals surface area contributed by atoms with E-state index in [4.69, 9.17) is 5.11 Å². The van der Waals surface area contributed by atoms with E-state index in [-0.39, 0.29) is 17.9 Å². The Hall–Kier alpha value is -1.36. The molecule has 20 heavy (non-hydrogen) atoms. The number of aliphatic carboxylic acids is 1. The molecule has 0 spiro atoms. The molecule has 0 unspecified atom stereocenters. The molecule has 1 aromatic carbocycles. The standard InChI is InChI=1S/C15H18BrNO3/c16-12-3-1-2-10(8-12)4-7-14(18)17-13-6-5-11(9-13)15(19)20/h1-3,8,11,13H,4-7,9H2,(H,17,18)(H,19,20)/t11-,13+/m1/s1. The first-order valence-corrected chi connectivity index (χ1v) is 7.60. The van der Waals surface area contributed by atoms with E-state index in [0.717, 1.165) is 16.5 Å². The van der Waals surface area contributed by atoms with Crippen LogP contribution in [0.15, 0.2) is 28.7 Å². The molecule has 0 bridgehead atoms. The number of rotatable bonds is 5. The average Bonchev–Trinajstić information content (AvgIpc) is 2.85. The van der Waals surface area contributed by atoms with Crippen LogP contribution in [-0.2, 0) is 16.0 Å². The second-order valence-electron chi connectivity index (χ2n) is 5.24. The predicted octanol–water partition coefficient (Wildman–Crippen LogP) is 2.75. The fourth-order valence-corrected chi connectivity index (χ4v) is 3.03. The number of hydrogen-bond donors (Lipinski definition) is 2. The summed E-state index contributed by atoms with van der Waals surface area (Å²) < 4.78 is 1.01. The normalized spacial score (nSPS) is 21.6. The van der Waals surface area contributed by atoms with Crippen molar-refractivity contribution in [3.8, 4) is 0 Å². The molecule has 1 aliphatic rings. The maximum Gasteiger partial charge on any atom is 0.306 e. The number of amides is 1. The van der Waals surface area contributed by atoms with E-state index in [1.54, 1.807) is 0 Å². The molecule has 2 rings (SSSR count). The molecule has 1 fully saturated rings. The van der Waals surface area contributed by atoms with E-state index >= 15 is 0 Å². The number of carbonyl (C=O) groups excluding carboxylic acids is 1. The van der Waals surface area contributed by atoms with E-state index in [2.05, 4.69) is 21.2 Å². The third-order valence-corrected chi connectivity index (χ3v) is 4.17. The molecule has 0 heterocycles. The van der Waals surface area contributed by atoms with Crippen molar-refractivity contribution >= 4 is 27.8 Å². The minimum Gasteiger partial charge on any atom is -0.481 e. The largest absolute Gasteiger partial charge is 0.481 e. The van der Waals surface area contributed by atoms with Gasteiger partial charge in [-0.15, -0.1) is 0 Å². The summed E-state index contributed by atoms with van der Waals surface area (Å²) in [6.45, 7) is 0. The molecule has 5 heteroatoms. The summed E-state index contributed by atoms with van der Waals surface area (Å²) in [5.41, 5.74) is 1.12. The van der Waals surface area contributed by atoms with Gasteiger partial charge in [-0.2, -0.15) is 0 Å². The molecule has 4 nitrogen and oxygen atoms in total. The second kappa shape index (κ2) is 6.88. The summed E-state index contributed by atoms with van der Waals surface area (Å²) in [4.78, 5) is 22.7. The second-order valence-corrected chi connectivity index (χ2v) is 6.16. The number of benzene rings is 1. The number of halogens is 1. The van der Waals surface area contributed by atoms with Gasteiger partial charge in [0.2, 0.25) is 5.91 Å². The average molecular weight is 340 g/mol. The van der Waals surface area contributed by atoms with Gasteiger partial charge in [-0.3, -0.25) is 9.59 Å². The van der Waals surface area contributed by atoms with E-state index in [9.17, 15) is 9.59 Å². The Balaban J connectivity index is 1.75. The SMILES string of the molecule is O=C(CCc1cccc(Br)c1)N[C@H]1CC[C@@H](C(=O)O)C1. The Bertz CT molecular complexity index is 504. The van der Waals surface area contributed by atoms with Crippen molar-refractivity contribution in [1.82, 2.24) is 5.32 Å². The first kappa shape index (κ1) is 15.0. The lowest BCUT2D eigenvalue weighted by molar-refractivity contribution is -0.141. The molecule has 1 amide bonds. The quantitative estimate of drug-likeness (QED) is 0.866. The zero-order valence-electron chi connectivity index (χ0n) is 11.1. The zero-order valence-corrected chi connectivity index (χ0v) is 12.7. The lowest BCUT2D eigenvalue weighted by atomic mass is 10.1. The fourth-order valence-electron chi connectivity index (χ4n) is 2.59. The maximum atomic E-state index is 11.9. The van der Waals surface area contributed by atoms with Gasteiger partial charge in [0.25, 0.3) is 0 Å². The van der Waals surface area contributed by atoms with Crippen LogP contribution < -0.4 is 5.32 Å². The molecule has 108 valence electrons. The van der Waals surface area contributed by atoms with Gasteiger partial charge in [0.1, 0.15) is 0 Å². The van der Waals surface area contributed by atoms with E-state index in [1.807, 2.05) is 24.3 Å². The lowest BCUT2D eigenvalue weighted by Gasteiger charge is -2.12. The zero-order chi connectivity index (χ0) is 14.5. The van der Waals surface area contributed by atoms with E-state index in [0.29, 0.717) is 25.7 Å². The van der Waals surface area contributed by atoms with Gasteiger partial charge in [0.15, 0.2) is 0 Å². The smallest absolute Gasteiger partial charge is 0.306 e. The minimum absolute atomic E-state index is 0.000939. The Morgan fingerprint density at radius 2 is 2.15 bits per heavy atom. The third-order valence-electron chi connectivity index (χ3n) is 3.68. The minimum atomic E-state index is -0.754. The van der Waals surface area contributed by atoms with Crippen LogP contribution in [0.4, 0.5) is 0 Å². The van der Waals surface area contributed by atoms with Crippen molar-refractivity contribution < 1.29 is 14.7 Å². The Kier molecular flexibility index (Phi) is 5.17. The molecular weight excluding hydrogens is 322 g/mol. The molecule has 1 saturated carbocycles. The monoisotopic (exact) mass is 339 g/mol. The van der Waals surface area contributed by atoms with Crippen LogP contribution >= 0.6 is 15.9 Å². The van der Waals surface area contributed by atoms with Crippen molar-refractivity contribution in [3.63, 3.8) is 0 Å². The summed E-state index contributed by atoms with van der Waals surface area (Å²) >= 11 is 3.40. The van der Waals surface area contributed by atoms with Crippen molar-refractivity contribution in [2.45, 2.75) is 38.1 Å². The molecule has 2 atom stereocenters. The Morgan fingerprint density at radius 3 is 2.80 bits per heavy atom. The predicted molar refractivity (Wildman–Crippen MR) is 79.4 cm³/mol. The fraction of sp³-hybridized carbons (Fsp3) is 0.467. The van der Waals surface area contributed by atoms with Gasteiger partial charge in [-0.05, 0) is 43.4 Å². The van der Waals surface area contributed by atoms with Gasteiger partial charge < -0.3 is 10.4 Å². The summed E-state index contributed by atoms with van der Waals surface area (Å²) in [7, 11) is 0. The summed E-state index contributed by atoms with van der Waals surface area (Å²) in [5, 5.41) is 11.9. The maximum absolute atomic E-state index is 11.9. The molecule has 1 aliphatic carbocycles. The molecule has 0 aromatic heterocycles. The summed E-state index contributed by atoms with van der Waals surface area (Å²) in [6.07, 6.45) is 3.11. The van der Waals surface area contributed by atoms with Crippen LogP contribution in [0.3, 0.4) is 0 Å². The molecule has 0 radical (unpaired) electrons. The van der Waals surface area contributed by atoms with Gasteiger partial charge in [0, 0.05) is 16.9 Å². The van der Waals surface area contributed by atoms with Crippen molar-refractivity contribution in [2.75, 3.05) is 0 Å². The van der Waals surface area contributed by atoms with Gasteiger partial charge in [-0.1, -0.05) is 28.1 Å². The molecule has 0 aliphatic heterocycles. The topological polar surface area (TPSA) is 66.4 Å². The summed E-state index contributed by atoms with van der Waals surface area (Å²) in [6, 6.07) is 7.92. The number of carboxylic acids is 1. The van der Waals surface area contributed by atoms with Crippen LogP contribution in [-0.4, -0.2) is 23.0 Å². The highest BCUT2D eigenvalue weighted by Gasteiger charge is 2.30. The van der Waals surface area contributed by atoms with Crippen LogP contribution in [0.25, 0.3) is 0 Å². The highest BCUT2D eigenvalue weighted by atomic mass is 79.9. The van der Waals surface area contributed by atoms with E-state index in [1.165, 1.54) is 0 Å². The third kappa shape index (κ3) is 4.34. The van der Waals surface area contributed by atoms with Gasteiger partial charge in [-0.25, -0.2) is 0 Å². The first-order valence-electron chi connectivity index (χ1n) is 6.81. The van der Waals surface area contributed by atoms with Gasteiger partial charge >= 0.3 is 5.97 Å². The van der Waals surface area contributed by atoms with Crippen molar-refractivity contribution in [1.29, 1.82) is 0 Å². The first-order chi connectivity index (χ1) is 9.54. The van der Waals surface area contributed by atoms with Gasteiger partial charge in [0.05, 0.1) is 5.92 Å². The highest BCUT2D eigenvalue weighted by molar-refractivity contribution is 9.10. The van der Waals surface area contributed by atoms with Crippen molar-refractivity contribution in [3.05, 3.63) is 34.3 Å². The van der Waals surface area contributed by atoms with Crippen molar-refractivity contribution in [2.24, 2.45) is 5.92 Å². The number of nitrogens with one attached hydrogen (secondary N) is 1. The molecule has 1 aromatic rings. The summed E-state index contributed by atoms with van der Waals surface area (Å²) in [5.74, 6) is -1.05. The molecule has 2 N–H and O–H groups in total. The molecular formula is C15H18BrNO3. The van der Waals surface area contributed by atoms with Crippen LogP contribution in [0.5, 0.6) is 0 Å². The number of aryl methyl sites for hydroxylation is 1. The number of carbonyl (C=O) groups is 2. The van der Waals surface area contributed by atoms with Crippen LogP contribution in [0.1, 0.15) is 31.2 Å². The highest BCUT2D eigenvalue weighted by Crippen LogP contribution is 2.25.